The molecular formula is C15H19N3O. The van der Waals surface area contributed by atoms with Gasteiger partial charge in [0.15, 0.2) is 0 Å². The molecule has 0 saturated heterocycles. The molecule has 2 rings (SSSR count). The zero-order valence-corrected chi connectivity index (χ0v) is 11.3. The summed E-state index contributed by atoms with van der Waals surface area (Å²) in [5.74, 6) is 0.579. The summed E-state index contributed by atoms with van der Waals surface area (Å²) in [7, 11) is 0. The Bertz CT molecular complexity index is 515. The van der Waals surface area contributed by atoms with Crippen molar-refractivity contribution >= 4 is 5.91 Å². The lowest BCUT2D eigenvalue weighted by atomic mass is 10.1. The molecule has 1 heterocycles. The van der Waals surface area contributed by atoms with Crippen molar-refractivity contribution in [1.82, 2.24) is 15.1 Å². The largest absolute Gasteiger partial charge is 0.352 e. The molecule has 1 aromatic heterocycles. The standard InChI is InChI=1S/C15H19N3O/c1-12(2)8-10-16-15(19)13-4-6-14(7-5-13)18-11-3-9-17-18/h3-7,9,11-12H,8,10H2,1-2H3,(H,16,19). The second-order valence-corrected chi connectivity index (χ2v) is 4.94. The highest BCUT2D eigenvalue weighted by molar-refractivity contribution is 5.94. The Morgan fingerprint density at radius 3 is 2.63 bits per heavy atom. The number of nitrogens with zero attached hydrogens (tertiary/aromatic N) is 2. The molecular weight excluding hydrogens is 238 g/mol. The highest BCUT2D eigenvalue weighted by Gasteiger charge is 2.05. The smallest absolute Gasteiger partial charge is 0.251 e. The summed E-state index contributed by atoms with van der Waals surface area (Å²) in [6, 6.07) is 9.30. The van der Waals surface area contributed by atoms with Crippen molar-refractivity contribution in [3.8, 4) is 5.69 Å². The van der Waals surface area contributed by atoms with Crippen molar-refractivity contribution in [3.05, 3.63) is 48.3 Å². The predicted octanol–water partition coefficient (Wildman–Crippen LogP) is 2.65. The van der Waals surface area contributed by atoms with Crippen LogP contribution in [0.3, 0.4) is 0 Å². The van der Waals surface area contributed by atoms with Gasteiger partial charge in [-0.05, 0) is 42.7 Å². The van der Waals surface area contributed by atoms with Gasteiger partial charge in [-0.25, -0.2) is 4.68 Å². The van der Waals surface area contributed by atoms with Gasteiger partial charge in [0, 0.05) is 24.5 Å². The molecule has 1 amide bonds. The van der Waals surface area contributed by atoms with E-state index in [9.17, 15) is 4.79 Å². The maximum absolute atomic E-state index is 11.9. The third-order valence-corrected chi connectivity index (χ3v) is 2.91. The zero-order chi connectivity index (χ0) is 13.7. The molecule has 4 nitrogen and oxygen atoms in total. The summed E-state index contributed by atoms with van der Waals surface area (Å²) in [6.45, 7) is 5.01. The van der Waals surface area contributed by atoms with Crippen LogP contribution in [0.2, 0.25) is 0 Å². The van der Waals surface area contributed by atoms with Crippen LogP contribution >= 0.6 is 0 Å². The van der Waals surface area contributed by atoms with Crippen LogP contribution in [0, 0.1) is 5.92 Å². The van der Waals surface area contributed by atoms with Crippen LogP contribution in [0.4, 0.5) is 0 Å². The minimum Gasteiger partial charge on any atom is -0.352 e. The summed E-state index contributed by atoms with van der Waals surface area (Å²) in [6.07, 6.45) is 4.60. The Hall–Kier alpha value is -2.10. The number of hydrogen-bond acceptors (Lipinski definition) is 2. The van der Waals surface area contributed by atoms with Crippen molar-refractivity contribution in [1.29, 1.82) is 0 Å². The Morgan fingerprint density at radius 2 is 2.05 bits per heavy atom. The molecule has 1 aromatic carbocycles. The lowest BCUT2D eigenvalue weighted by Crippen LogP contribution is -2.25. The third kappa shape index (κ3) is 3.68. The lowest BCUT2D eigenvalue weighted by molar-refractivity contribution is 0.0952. The van der Waals surface area contributed by atoms with Crippen LogP contribution in [-0.2, 0) is 0 Å². The molecule has 0 radical (unpaired) electrons. The average Bonchev–Trinajstić information content (AvgIpc) is 2.92. The Balaban J connectivity index is 1.96. The van der Waals surface area contributed by atoms with Crippen LogP contribution in [0.5, 0.6) is 0 Å². The Morgan fingerprint density at radius 1 is 1.32 bits per heavy atom. The van der Waals surface area contributed by atoms with Gasteiger partial charge in [0.1, 0.15) is 0 Å². The van der Waals surface area contributed by atoms with E-state index in [0.29, 0.717) is 11.5 Å². The van der Waals surface area contributed by atoms with Crippen LogP contribution in [0.15, 0.2) is 42.7 Å². The van der Waals surface area contributed by atoms with Gasteiger partial charge in [-0.2, -0.15) is 5.10 Å². The van der Waals surface area contributed by atoms with Crippen LogP contribution in [-0.4, -0.2) is 22.2 Å². The molecule has 0 aliphatic rings. The molecule has 100 valence electrons. The minimum absolute atomic E-state index is 0.0207. The fourth-order valence-corrected chi connectivity index (χ4v) is 1.76. The fourth-order valence-electron chi connectivity index (χ4n) is 1.76. The van der Waals surface area contributed by atoms with E-state index in [1.807, 2.05) is 36.5 Å². The van der Waals surface area contributed by atoms with Gasteiger partial charge in [-0.15, -0.1) is 0 Å². The summed E-state index contributed by atoms with van der Waals surface area (Å²) in [5.41, 5.74) is 1.63. The second-order valence-electron chi connectivity index (χ2n) is 4.94. The van der Waals surface area contributed by atoms with Gasteiger partial charge in [-0.3, -0.25) is 4.79 Å². The lowest BCUT2D eigenvalue weighted by Gasteiger charge is -2.08. The zero-order valence-electron chi connectivity index (χ0n) is 11.3. The topological polar surface area (TPSA) is 46.9 Å². The first-order valence-electron chi connectivity index (χ1n) is 6.55. The van der Waals surface area contributed by atoms with Crippen molar-refractivity contribution in [3.63, 3.8) is 0 Å². The number of benzene rings is 1. The third-order valence-electron chi connectivity index (χ3n) is 2.91. The highest BCUT2D eigenvalue weighted by atomic mass is 16.1. The number of hydrogen-bond donors (Lipinski definition) is 1. The van der Waals surface area contributed by atoms with Gasteiger partial charge in [0.05, 0.1) is 5.69 Å². The van der Waals surface area contributed by atoms with Crippen LogP contribution in [0.25, 0.3) is 5.69 Å². The van der Waals surface area contributed by atoms with E-state index in [0.717, 1.165) is 18.7 Å². The molecule has 0 aliphatic carbocycles. The number of rotatable bonds is 5. The van der Waals surface area contributed by atoms with E-state index in [1.165, 1.54) is 0 Å². The van der Waals surface area contributed by atoms with E-state index in [-0.39, 0.29) is 5.91 Å². The number of carbonyl (C=O) groups excluding carboxylic acids is 1. The predicted molar refractivity (Wildman–Crippen MR) is 75.4 cm³/mol. The molecule has 2 aromatic rings. The summed E-state index contributed by atoms with van der Waals surface area (Å²) < 4.78 is 1.76. The highest BCUT2D eigenvalue weighted by Crippen LogP contribution is 2.08. The summed E-state index contributed by atoms with van der Waals surface area (Å²) in [4.78, 5) is 11.9. The quantitative estimate of drug-likeness (QED) is 0.895. The van der Waals surface area contributed by atoms with E-state index in [2.05, 4.69) is 24.3 Å². The molecule has 19 heavy (non-hydrogen) atoms. The molecule has 0 aliphatic heterocycles. The molecule has 1 N–H and O–H groups in total. The second kappa shape index (κ2) is 6.18. The maximum Gasteiger partial charge on any atom is 0.251 e. The molecule has 4 heteroatoms. The normalized spacial score (nSPS) is 10.7. The monoisotopic (exact) mass is 257 g/mol. The minimum atomic E-state index is -0.0207. The number of amides is 1. The molecule has 0 unspecified atom stereocenters. The van der Waals surface area contributed by atoms with Gasteiger partial charge < -0.3 is 5.32 Å². The van der Waals surface area contributed by atoms with Gasteiger partial charge in [-0.1, -0.05) is 13.8 Å². The molecule has 0 saturated carbocycles. The van der Waals surface area contributed by atoms with Crippen molar-refractivity contribution in [2.75, 3.05) is 6.54 Å². The SMILES string of the molecule is CC(C)CCNC(=O)c1ccc(-n2cccn2)cc1. The van der Waals surface area contributed by atoms with Crippen molar-refractivity contribution in [2.24, 2.45) is 5.92 Å². The Kier molecular flexibility index (Phi) is 4.34. The van der Waals surface area contributed by atoms with Crippen LogP contribution in [0.1, 0.15) is 30.6 Å². The van der Waals surface area contributed by atoms with Crippen molar-refractivity contribution in [2.45, 2.75) is 20.3 Å². The average molecular weight is 257 g/mol. The van der Waals surface area contributed by atoms with E-state index in [1.54, 1.807) is 10.9 Å². The van der Waals surface area contributed by atoms with Crippen molar-refractivity contribution < 1.29 is 4.79 Å². The summed E-state index contributed by atoms with van der Waals surface area (Å²) >= 11 is 0. The molecule has 0 bridgehead atoms. The molecule has 0 atom stereocenters. The van der Waals surface area contributed by atoms with Gasteiger partial charge in [0.2, 0.25) is 0 Å². The molecule has 0 spiro atoms. The first-order chi connectivity index (χ1) is 9.16. The van der Waals surface area contributed by atoms with E-state index >= 15 is 0 Å². The number of nitrogens with one attached hydrogen (secondary N) is 1. The molecule has 0 fully saturated rings. The summed E-state index contributed by atoms with van der Waals surface area (Å²) in [5, 5.41) is 7.07. The van der Waals surface area contributed by atoms with Crippen LogP contribution < -0.4 is 5.32 Å². The number of aromatic nitrogens is 2. The van der Waals surface area contributed by atoms with Gasteiger partial charge >= 0.3 is 0 Å². The Labute approximate surface area is 113 Å². The van der Waals surface area contributed by atoms with Gasteiger partial charge in [0.25, 0.3) is 5.91 Å². The maximum atomic E-state index is 11.9. The fraction of sp³-hybridized carbons (Fsp3) is 0.333. The first kappa shape index (κ1) is 13.3. The van der Waals surface area contributed by atoms with E-state index in [4.69, 9.17) is 0 Å². The van der Waals surface area contributed by atoms with E-state index < -0.39 is 0 Å². The number of carbonyl (C=O) groups is 1. The first-order valence-corrected chi connectivity index (χ1v) is 6.55.